The van der Waals surface area contributed by atoms with Crippen LogP contribution in [0, 0.1) is 11.3 Å². The van der Waals surface area contributed by atoms with Crippen LogP contribution in [0.3, 0.4) is 0 Å². The normalized spacial score (nSPS) is 17.8. The Hall–Kier alpha value is -4.29. The molecule has 0 saturated heterocycles. The molecule has 9 nitrogen and oxygen atoms in total. The molecule has 1 heterocycles. The number of aliphatic hydroxyl groups excluding tert-OH is 1. The minimum Gasteiger partial charge on any atom is -0.383 e. The Morgan fingerprint density at radius 1 is 1.23 bits per heavy atom. The number of nitrogen functional groups attached to an aromatic ring is 1. The van der Waals surface area contributed by atoms with Gasteiger partial charge in [-0.3, -0.25) is 15.5 Å². The summed E-state index contributed by atoms with van der Waals surface area (Å²) in [4.78, 5) is 20.7. The quantitative estimate of drug-likeness (QED) is 0.0763. The molecule has 1 fully saturated rings. The molecule has 7 N–H and O–H groups in total. The van der Waals surface area contributed by atoms with Gasteiger partial charge in [-0.05, 0) is 64.6 Å². The number of halogens is 3. The van der Waals surface area contributed by atoms with Crippen molar-refractivity contribution in [3.63, 3.8) is 0 Å². The molecule has 1 aliphatic rings. The summed E-state index contributed by atoms with van der Waals surface area (Å²) in [6, 6.07) is 6.10. The van der Waals surface area contributed by atoms with Crippen molar-refractivity contribution in [3.8, 4) is 0 Å². The number of anilines is 2. The molecule has 0 aliphatic heterocycles. The van der Waals surface area contributed by atoms with Gasteiger partial charge in [0.2, 0.25) is 0 Å². The van der Waals surface area contributed by atoms with E-state index in [0.717, 1.165) is 50.2 Å². The number of amides is 1. The molecule has 0 spiro atoms. The minimum atomic E-state index is -4.61. The van der Waals surface area contributed by atoms with Crippen molar-refractivity contribution in [2.75, 3.05) is 18.1 Å². The van der Waals surface area contributed by atoms with E-state index in [2.05, 4.69) is 39.6 Å². The Morgan fingerprint density at radius 3 is 2.47 bits per heavy atom. The highest BCUT2D eigenvalue weighted by molar-refractivity contribution is 6.17. The number of hydrogen-bond donors (Lipinski definition) is 6. The first kappa shape index (κ1) is 38.9. The fraction of sp³-hybridized carbons (Fsp3) is 0.429. The standard InChI is InChI=1S/C33H42F3N7O2.C2H6/c1-5-7-8-10-23-19-41-30(38)27(29(23)42-25-12-9-11-22(17-25)31(44)40-4)28(37)20-13-15-21(16-14-20)32(45)43-26(39-3)18-24(6-2)33(34,35)36;1-2/h6,8,10,13-16,18-19,22,25,31,37,40,44H,3,5,7,9,11-12,17H2,1-2,4H3,(H,43,45)(H3,38,41,42);1-2H3/b10-8+,24-6+,26-18+,37-28?;/t22?,25-,31?;/m1./s1. The second-order valence-electron chi connectivity index (χ2n) is 10.9. The number of nitrogens with zero attached hydrogens (tertiary/aromatic N) is 2. The van der Waals surface area contributed by atoms with Gasteiger partial charge < -0.3 is 21.5 Å². The van der Waals surface area contributed by atoms with Crippen molar-refractivity contribution in [3.05, 3.63) is 82.3 Å². The predicted octanol–water partition coefficient (Wildman–Crippen LogP) is 7.21. The lowest BCUT2D eigenvalue weighted by Gasteiger charge is -2.34. The van der Waals surface area contributed by atoms with Crippen molar-refractivity contribution in [1.82, 2.24) is 15.6 Å². The molecule has 1 aromatic heterocycles. The van der Waals surface area contributed by atoms with Crippen LogP contribution in [-0.2, 0) is 0 Å². The number of alkyl halides is 3. The average Bonchev–Trinajstić information content (AvgIpc) is 3.07. The Balaban J connectivity index is 0.00000376. The number of unbranched alkanes of at least 4 members (excludes halogenated alkanes) is 1. The molecule has 47 heavy (non-hydrogen) atoms. The number of rotatable bonds is 13. The van der Waals surface area contributed by atoms with Crippen molar-refractivity contribution in [2.24, 2.45) is 10.9 Å². The summed E-state index contributed by atoms with van der Waals surface area (Å²) in [6.45, 7) is 10.6. The number of benzene rings is 1. The zero-order valence-corrected chi connectivity index (χ0v) is 27.8. The number of nitrogens with one attached hydrogen (secondary N) is 4. The lowest BCUT2D eigenvalue weighted by molar-refractivity contribution is -0.0884. The molecule has 1 aromatic carbocycles. The van der Waals surface area contributed by atoms with E-state index in [1.54, 1.807) is 25.4 Å². The molecule has 1 aliphatic carbocycles. The van der Waals surface area contributed by atoms with Crippen LogP contribution in [0.4, 0.5) is 24.7 Å². The van der Waals surface area contributed by atoms with Crippen molar-refractivity contribution in [2.45, 2.75) is 84.7 Å². The Bertz CT molecular complexity index is 1450. The number of pyridine rings is 1. The van der Waals surface area contributed by atoms with E-state index in [1.165, 1.54) is 19.1 Å². The van der Waals surface area contributed by atoms with Gasteiger partial charge in [-0.25, -0.2) is 9.98 Å². The highest BCUT2D eigenvalue weighted by atomic mass is 19.4. The van der Waals surface area contributed by atoms with Gasteiger partial charge in [-0.1, -0.05) is 64.0 Å². The maximum Gasteiger partial charge on any atom is 0.416 e. The average molecular weight is 656 g/mol. The van der Waals surface area contributed by atoms with Crippen LogP contribution < -0.4 is 21.7 Å². The third kappa shape index (κ3) is 10.9. The van der Waals surface area contributed by atoms with E-state index >= 15 is 0 Å². The first-order valence-electron chi connectivity index (χ1n) is 15.9. The second-order valence-corrected chi connectivity index (χ2v) is 10.9. The van der Waals surface area contributed by atoms with Crippen LogP contribution in [-0.4, -0.2) is 53.9 Å². The minimum absolute atomic E-state index is 0.0330. The molecular formula is C35H48F3N7O2. The predicted molar refractivity (Wildman–Crippen MR) is 186 cm³/mol. The SMILES string of the molecule is C=N/C(=C\C(=C/C)C(F)(F)F)NC(=O)c1ccc(C(=N)c2c(N)ncc(/C=C/CCC)c2N[C@@H]2CCCC(C(O)NC)C2)cc1.CC. The summed E-state index contributed by atoms with van der Waals surface area (Å²) in [7, 11) is 1.73. The number of aliphatic hydroxyl groups is 1. The molecule has 3 rings (SSSR count). The largest absolute Gasteiger partial charge is 0.416 e. The molecule has 3 atom stereocenters. The lowest BCUT2D eigenvalue weighted by atomic mass is 9.84. The van der Waals surface area contributed by atoms with E-state index in [1.807, 2.05) is 26.0 Å². The van der Waals surface area contributed by atoms with Crippen LogP contribution in [0.25, 0.3) is 6.08 Å². The molecule has 256 valence electrons. The van der Waals surface area contributed by atoms with Gasteiger partial charge in [0.15, 0.2) is 0 Å². The molecule has 2 aromatic rings. The van der Waals surface area contributed by atoms with E-state index in [4.69, 9.17) is 11.1 Å². The summed E-state index contributed by atoms with van der Waals surface area (Å²) in [5.41, 5.74) is 7.95. The Labute approximate surface area is 275 Å². The number of nitrogens with two attached hydrogens (primary N) is 1. The van der Waals surface area contributed by atoms with Crippen LogP contribution in [0.1, 0.15) is 93.3 Å². The fourth-order valence-electron chi connectivity index (χ4n) is 5.26. The van der Waals surface area contributed by atoms with Crippen molar-refractivity contribution < 1.29 is 23.1 Å². The van der Waals surface area contributed by atoms with Crippen molar-refractivity contribution in [1.29, 1.82) is 5.41 Å². The van der Waals surface area contributed by atoms with E-state index in [-0.39, 0.29) is 34.9 Å². The summed E-state index contributed by atoms with van der Waals surface area (Å²) >= 11 is 0. The van der Waals surface area contributed by atoms with Gasteiger partial charge >= 0.3 is 6.18 Å². The van der Waals surface area contributed by atoms with Crippen LogP contribution in [0.5, 0.6) is 0 Å². The topological polar surface area (TPSA) is 149 Å². The Kier molecular flexibility index (Phi) is 15.5. The first-order valence-corrected chi connectivity index (χ1v) is 15.9. The summed E-state index contributed by atoms with van der Waals surface area (Å²) in [5, 5.41) is 28.4. The molecule has 2 unspecified atom stereocenters. The van der Waals surface area contributed by atoms with Crippen molar-refractivity contribution >= 4 is 35.9 Å². The van der Waals surface area contributed by atoms with Gasteiger partial charge in [-0.2, -0.15) is 13.2 Å². The number of carbonyl (C=O) groups is 1. The van der Waals surface area contributed by atoms with Crippen LogP contribution >= 0.6 is 0 Å². The number of hydrogen-bond acceptors (Lipinski definition) is 8. The highest BCUT2D eigenvalue weighted by Gasteiger charge is 2.32. The fourth-order valence-corrected chi connectivity index (χ4v) is 5.26. The molecule has 1 amide bonds. The van der Waals surface area contributed by atoms with Gasteiger partial charge in [0.25, 0.3) is 5.91 Å². The number of carbonyl (C=O) groups excluding carboxylic acids is 1. The first-order chi connectivity index (χ1) is 22.4. The highest BCUT2D eigenvalue weighted by Crippen LogP contribution is 2.34. The van der Waals surface area contributed by atoms with E-state index in [9.17, 15) is 23.1 Å². The number of aromatic nitrogens is 1. The molecule has 0 radical (unpaired) electrons. The van der Waals surface area contributed by atoms with Gasteiger partial charge in [0.05, 0.1) is 22.5 Å². The zero-order valence-electron chi connectivity index (χ0n) is 27.8. The number of allylic oxidation sites excluding steroid dienone is 4. The lowest BCUT2D eigenvalue weighted by Crippen LogP contribution is -2.39. The number of aliphatic imine (C=N–C) groups is 1. The van der Waals surface area contributed by atoms with Crippen LogP contribution in [0.2, 0.25) is 0 Å². The monoisotopic (exact) mass is 655 g/mol. The summed E-state index contributed by atoms with van der Waals surface area (Å²) < 4.78 is 39.5. The van der Waals surface area contributed by atoms with Crippen LogP contribution in [0.15, 0.2) is 65.1 Å². The zero-order chi connectivity index (χ0) is 35.1. The smallest absolute Gasteiger partial charge is 0.383 e. The maximum atomic E-state index is 13.2. The third-order valence-electron chi connectivity index (χ3n) is 7.72. The van der Waals surface area contributed by atoms with Gasteiger partial charge in [-0.15, -0.1) is 0 Å². The summed E-state index contributed by atoms with van der Waals surface area (Å²) in [6.07, 6.45) is 7.32. The third-order valence-corrected chi connectivity index (χ3v) is 7.72. The van der Waals surface area contributed by atoms with Gasteiger partial charge in [0.1, 0.15) is 17.9 Å². The molecular weight excluding hydrogens is 607 g/mol. The summed E-state index contributed by atoms with van der Waals surface area (Å²) in [5.74, 6) is -0.801. The van der Waals surface area contributed by atoms with E-state index < -0.39 is 23.9 Å². The molecule has 12 heteroatoms. The molecule has 1 saturated carbocycles. The van der Waals surface area contributed by atoms with Gasteiger partial charge in [0, 0.05) is 34.8 Å². The molecule has 0 bridgehead atoms. The van der Waals surface area contributed by atoms with E-state index in [0.29, 0.717) is 22.9 Å². The second kappa shape index (κ2) is 18.8. The maximum absolute atomic E-state index is 13.2. The Morgan fingerprint density at radius 2 is 1.89 bits per heavy atom.